The molecule has 0 aliphatic rings. The molecule has 0 fully saturated rings. The van der Waals surface area contributed by atoms with Gasteiger partial charge in [-0.3, -0.25) is 9.59 Å². The van der Waals surface area contributed by atoms with Crippen molar-refractivity contribution < 1.29 is 19.1 Å². The first kappa shape index (κ1) is 15.9. The summed E-state index contributed by atoms with van der Waals surface area (Å²) >= 11 is 0. The van der Waals surface area contributed by atoms with Crippen LogP contribution in [0.4, 0.5) is 0 Å². The molecule has 1 atom stereocenters. The second-order valence-electron chi connectivity index (χ2n) is 5.13. The molecule has 0 amide bonds. The lowest BCUT2D eigenvalue weighted by atomic mass is 9.94. The van der Waals surface area contributed by atoms with E-state index in [4.69, 9.17) is 9.47 Å². The number of ether oxygens (including phenoxy) is 2. The minimum atomic E-state index is -0.389. The molecule has 1 unspecified atom stereocenters. The zero-order valence-corrected chi connectivity index (χ0v) is 11.5. The number of carbonyl (C=O) groups excluding carboxylic acids is 2. The summed E-state index contributed by atoms with van der Waals surface area (Å²) < 4.78 is 9.76. The first-order valence-corrected chi connectivity index (χ1v) is 6.10. The smallest absolute Gasteiger partial charge is 0.309 e. The molecule has 100 valence electrons. The van der Waals surface area contributed by atoms with Crippen molar-refractivity contribution in [2.75, 3.05) is 13.7 Å². The third-order valence-electron chi connectivity index (χ3n) is 2.28. The lowest BCUT2D eigenvalue weighted by molar-refractivity contribution is -0.154. The van der Waals surface area contributed by atoms with E-state index in [2.05, 4.69) is 0 Å². The molecular formula is C13H24O4. The predicted octanol–water partition coefficient (Wildman–Crippen LogP) is 2.41. The van der Waals surface area contributed by atoms with Crippen molar-refractivity contribution in [2.24, 2.45) is 17.8 Å². The van der Waals surface area contributed by atoms with E-state index in [1.807, 2.05) is 27.7 Å². The van der Waals surface area contributed by atoms with Crippen molar-refractivity contribution in [3.8, 4) is 0 Å². The monoisotopic (exact) mass is 244 g/mol. The highest BCUT2D eigenvalue weighted by atomic mass is 16.5. The Morgan fingerprint density at radius 3 is 2.06 bits per heavy atom. The largest absolute Gasteiger partial charge is 0.469 e. The molecule has 0 spiro atoms. The molecule has 0 aliphatic heterocycles. The Kier molecular flexibility index (Phi) is 7.59. The SMILES string of the molecule is COC(=O)C(CC(=O)OCC(C)C)CC(C)C. The molecule has 17 heavy (non-hydrogen) atoms. The summed E-state index contributed by atoms with van der Waals surface area (Å²) in [4.78, 5) is 23.0. The van der Waals surface area contributed by atoms with Crippen LogP contribution in [0, 0.1) is 17.8 Å². The molecule has 0 saturated heterocycles. The number of hydrogen-bond acceptors (Lipinski definition) is 4. The molecule has 0 saturated carbocycles. The summed E-state index contributed by atoms with van der Waals surface area (Å²) in [6.07, 6.45) is 0.751. The first-order chi connectivity index (χ1) is 7.86. The Hall–Kier alpha value is -1.06. The zero-order valence-electron chi connectivity index (χ0n) is 11.5. The highest BCUT2D eigenvalue weighted by Crippen LogP contribution is 2.17. The van der Waals surface area contributed by atoms with E-state index in [9.17, 15) is 9.59 Å². The minimum absolute atomic E-state index is 0.109. The maximum absolute atomic E-state index is 11.5. The summed E-state index contributed by atoms with van der Waals surface area (Å²) in [7, 11) is 1.34. The van der Waals surface area contributed by atoms with Gasteiger partial charge in [0.05, 0.1) is 26.1 Å². The predicted molar refractivity (Wildman–Crippen MR) is 65.4 cm³/mol. The molecule has 0 aromatic carbocycles. The average Bonchev–Trinajstić information content (AvgIpc) is 2.23. The van der Waals surface area contributed by atoms with Crippen LogP contribution in [0.25, 0.3) is 0 Å². The van der Waals surface area contributed by atoms with Crippen LogP contribution in [0.2, 0.25) is 0 Å². The number of rotatable bonds is 7. The van der Waals surface area contributed by atoms with Crippen molar-refractivity contribution in [3.63, 3.8) is 0 Å². The van der Waals surface area contributed by atoms with Gasteiger partial charge in [-0.25, -0.2) is 0 Å². The Bertz CT molecular complexity index is 246. The van der Waals surface area contributed by atoms with Gasteiger partial charge in [-0.05, 0) is 18.3 Å². The van der Waals surface area contributed by atoms with E-state index in [-0.39, 0.29) is 24.3 Å². The first-order valence-electron chi connectivity index (χ1n) is 6.10. The van der Waals surface area contributed by atoms with E-state index in [1.54, 1.807) is 0 Å². The molecule has 0 aromatic rings. The van der Waals surface area contributed by atoms with Crippen LogP contribution < -0.4 is 0 Å². The topological polar surface area (TPSA) is 52.6 Å². The van der Waals surface area contributed by atoms with Gasteiger partial charge in [0.15, 0.2) is 0 Å². The van der Waals surface area contributed by atoms with Gasteiger partial charge in [-0.2, -0.15) is 0 Å². The van der Waals surface area contributed by atoms with Gasteiger partial charge in [-0.15, -0.1) is 0 Å². The third kappa shape index (κ3) is 7.77. The zero-order chi connectivity index (χ0) is 13.4. The second-order valence-corrected chi connectivity index (χ2v) is 5.13. The quantitative estimate of drug-likeness (QED) is 0.645. The van der Waals surface area contributed by atoms with Crippen LogP contribution in [0.5, 0.6) is 0 Å². The normalized spacial score (nSPS) is 12.6. The Labute approximate surface area is 104 Å². The fourth-order valence-corrected chi connectivity index (χ4v) is 1.52. The molecule has 4 heteroatoms. The van der Waals surface area contributed by atoms with Gasteiger partial charge < -0.3 is 9.47 Å². The van der Waals surface area contributed by atoms with Crippen LogP contribution >= 0.6 is 0 Å². The number of hydrogen-bond donors (Lipinski definition) is 0. The van der Waals surface area contributed by atoms with Gasteiger partial charge >= 0.3 is 11.9 Å². The molecule has 0 bridgehead atoms. The summed E-state index contributed by atoms with van der Waals surface area (Å²) in [6.45, 7) is 8.36. The molecule has 0 N–H and O–H groups in total. The average molecular weight is 244 g/mol. The van der Waals surface area contributed by atoms with Crippen molar-refractivity contribution in [1.29, 1.82) is 0 Å². The lowest BCUT2D eigenvalue weighted by Crippen LogP contribution is -2.23. The Morgan fingerprint density at radius 1 is 1.06 bits per heavy atom. The van der Waals surface area contributed by atoms with Crippen LogP contribution in [0.15, 0.2) is 0 Å². The highest BCUT2D eigenvalue weighted by molar-refractivity contribution is 5.79. The highest BCUT2D eigenvalue weighted by Gasteiger charge is 2.24. The fourth-order valence-electron chi connectivity index (χ4n) is 1.52. The maximum Gasteiger partial charge on any atom is 0.309 e. The lowest BCUT2D eigenvalue weighted by Gasteiger charge is -2.16. The van der Waals surface area contributed by atoms with Crippen LogP contribution in [-0.2, 0) is 19.1 Å². The number of carbonyl (C=O) groups is 2. The minimum Gasteiger partial charge on any atom is -0.469 e. The molecule has 0 radical (unpaired) electrons. The summed E-state index contributed by atoms with van der Waals surface area (Å²) in [5, 5.41) is 0. The van der Waals surface area contributed by atoms with Gasteiger partial charge in [-0.1, -0.05) is 27.7 Å². The maximum atomic E-state index is 11.5. The number of methoxy groups -OCH3 is 1. The van der Waals surface area contributed by atoms with Gasteiger partial charge in [0.2, 0.25) is 0 Å². The van der Waals surface area contributed by atoms with Crippen LogP contribution in [0.1, 0.15) is 40.5 Å². The fraction of sp³-hybridized carbons (Fsp3) is 0.846. The van der Waals surface area contributed by atoms with Gasteiger partial charge in [0.1, 0.15) is 0 Å². The van der Waals surface area contributed by atoms with Gasteiger partial charge in [0.25, 0.3) is 0 Å². The molecule has 0 aliphatic carbocycles. The molecular weight excluding hydrogens is 220 g/mol. The van der Waals surface area contributed by atoms with Crippen molar-refractivity contribution >= 4 is 11.9 Å². The second kappa shape index (κ2) is 8.09. The van der Waals surface area contributed by atoms with Crippen molar-refractivity contribution in [3.05, 3.63) is 0 Å². The summed E-state index contributed by atoms with van der Waals surface area (Å²) in [5.74, 6) is -0.396. The van der Waals surface area contributed by atoms with Crippen molar-refractivity contribution in [1.82, 2.24) is 0 Å². The van der Waals surface area contributed by atoms with Crippen LogP contribution in [0.3, 0.4) is 0 Å². The molecule has 0 rings (SSSR count). The third-order valence-corrected chi connectivity index (χ3v) is 2.28. The van der Waals surface area contributed by atoms with Gasteiger partial charge in [0, 0.05) is 0 Å². The van der Waals surface area contributed by atoms with Crippen molar-refractivity contribution in [2.45, 2.75) is 40.5 Å². The standard InChI is InChI=1S/C13H24O4/c1-9(2)6-11(13(15)16-5)7-12(14)17-8-10(3)4/h9-11H,6-8H2,1-5H3. The van der Waals surface area contributed by atoms with E-state index in [0.29, 0.717) is 24.9 Å². The Morgan fingerprint density at radius 2 is 1.65 bits per heavy atom. The summed E-state index contributed by atoms with van der Waals surface area (Å²) in [6, 6.07) is 0. The van der Waals surface area contributed by atoms with E-state index in [0.717, 1.165) is 0 Å². The van der Waals surface area contributed by atoms with E-state index in [1.165, 1.54) is 7.11 Å². The Balaban J connectivity index is 4.22. The summed E-state index contributed by atoms with van der Waals surface area (Å²) in [5.41, 5.74) is 0. The van der Waals surface area contributed by atoms with E-state index < -0.39 is 0 Å². The van der Waals surface area contributed by atoms with Crippen LogP contribution in [-0.4, -0.2) is 25.7 Å². The molecule has 4 nitrogen and oxygen atoms in total. The number of esters is 2. The molecule has 0 aromatic heterocycles. The van der Waals surface area contributed by atoms with E-state index >= 15 is 0 Å². The molecule has 0 heterocycles.